The van der Waals surface area contributed by atoms with Crippen LogP contribution in [0.25, 0.3) is 0 Å². The predicted molar refractivity (Wildman–Crippen MR) is 83.1 cm³/mol. The highest BCUT2D eigenvalue weighted by Gasteiger charge is 2.28. The Bertz CT molecular complexity index is 654. The molecule has 0 saturated heterocycles. The monoisotopic (exact) mass is 331 g/mol. The average Bonchev–Trinajstić information content (AvgIpc) is 2.42. The van der Waals surface area contributed by atoms with Gasteiger partial charge < -0.3 is 10.5 Å². The summed E-state index contributed by atoms with van der Waals surface area (Å²) in [6, 6.07) is 4.68. The molecule has 5 nitrogen and oxygen atoms in total. The van der Waals surface area contributed by atoms with Crippen LogP contribution >= 0.6 is 0 Å². The van der Waals surface area contributed by atoms with E-state index < -0.39 is 15.5 Å². The lowest BCUT2D eigenvalue weighted by molar-refractivity contribution is 0.110. The Morgan fingerprint density at radius 3 is 2.59 bits per heavy atom. The van der Waals surface area contributed by atoms with Crippen LogP contribution in [0.5, 0.6) is 0 Å². The maximum absolute atomic E-state index is 12.4. The van der Waals surface area contributed by atoms with E-state index in [2.05, 4.69) is 0 Å². The van der Waals surface area contributed by atoms with E-state index in [4.69, 9.17) is 10.5 Å². The summed E-state index contributed by atoms with van der Waals surface area (Å²) in [6.07, 6.45) is 0.406. The molecule has 0 unspecified atom stereocenters. The minimum atomic E-state index is -4.33. The van der Waals surface area contributed by atoms with Crippen LogP contribution in [0.4, 0.5) is 4.39 Å². The van der Waals surface area contributed by atoms with Crippen molar-refractivity contribution >= 4 is 10.1 Å². The fourth-order valence-electron chi connectivity index (χ4n) is 2.05. The molecule has 1 aromatic carbocycles. The molecule has 0 saturated carbocycles. The SMILES string of the molecule is Cc1ccc(S(=O)(=O)O)c(C(C)(C)COC/C(=C/F)CN)c1. The van der Waals surface area contributed by atoms with Crippen LogP contribution in [-0.4, -0.2) is 32.7 Å². The van der Waals surface area contributed by atoms with Crippen molar-refractivity contribution in [1.82, 2.24) is 0 Å². The summed E-state index contributed by atoms with van der Waals surface area (Å²) in [5, 5.41) is 0. The second-order valence-corrected chi connectivity index (χ2v) is 7.21. The van der Waals surface area contributed by atoms with E-state index in [-0.39, 0.29) is 24.7 Å². The van der Waals surface area contributed by atoms with Gasteiger partial charge >= 0.3 is 0 Å². The third-order valence-corrected chi connectivity index (χ3v) is 4.22. The highest BCUT2D eigenvalue weighted by molar-refractivity contribution is 7.85. The van der Waals surface area contributed by atoms with Gasteiger partial charge in [-0.25, -0.2) is 4.39 Å². The molecule has 124 valence electrons. The number of nitrogens with two attached hydrogens (primary N) is 1. The second kappa shape index (κ2) is 7.32. The van der Waals surface area contributed by atoms with E-state index in [0.717, 1.165) is 5.56 Å². The average molecular weight is 331 g/mol. The standard InChI is InChI=1S/C15H22FNO4S/c1-11-4-5-14(22(18,19)20)13(6-11)15(2,3)10-21-9-12(7-16)8-17/h4-7H,8-10,17H2,1-3H3,(H,18,19,20)/b12-7+. The van der Waals surface area contributed by atoms with Gasteiger partial charge in [0, 0.05) is 12.0 Å². The van der Waals surface area contributed by atoms with Gasteiger partial charge in [-0.05, 0) is 24.1 Å². The highest BCUT2D eigenvalue weighted by atomic mass is 32.2. The van der Waals surface area contributed by atoms with E-state index in [1.807, 2.05) is 6.92 Å². The van der Waals surface area contributed by atoms with Gasteiger partial charge in [-0.2, -0.15) is 8.42 Å². The topological polar surface area (TPSA) is 89.6 Å². The van der Waals surface area contributed by atoms with E-state index in [1.165, 1.54) is 6.07 Å². The van der Waals surface area contributed by atoms with Crippen molar-refractivity contribution in [3.63, 3.8) is 0 Å². The number of hydrogen-bond acceptors (Lipinski definition) is 4. The summed E-state index contributed by atoms with van der Waals surface area (Å²) in [4.78, 5) is -0.146. The molecule has 0 aliphatic carbocycles. The number of benzene rings is 1. The molecule has 0 fully saturated rings. The van der Waals surface area contributed by atoms with Crippen LogP contribution in [0.1, 0.15) is 25.0 Å². The third-order valence-electron chi connectivity index (χ3n) is 3.31. The van der Waals surface area contributed by atoms with Gasteiger partial charge in [0.25, 0.3) is 10.1 Å². The zero-order chi connectivity index (χ0) is 17.0. The summed E-state index contributed by atoms with van der Waals surface area (Å²) >= 11 is 0. The summed E-state index contributed by atoms with van der Waals surface area (Å²) in [7, 11) is -4.33. The largest absolute Gasteiger partial charge is 0.376 e. The van der Waals surface area contributed by atoms with Crippen molar-refractivity contribution in [2.75, 3.05) is 19.8 Å². The highest BCUT2D eigenvalue weighted by Crippen LogP contribution is 2.30. The number of aryl methyl sites for hydroxylation is 1. The minimum absolute atomic E-state index is 0.0312. The fraction of sp³-hybridized carbons (Fsp3) is 0.467. The molecule has 0 heterocycles. The molecule has 0 aromatic heterocycles. The molecule has 0 amide bonds. The first-order valence-corrected chi connectivity index (χ1v) is 8.20. The number of hydrogen-bond donors (Lipinski definition) is 2. The molecule has 7 heteroatoms. The molecule has 0 radical (unpaired) electrons. The maximum atomic E-state index is 12.4. The Hall–Kier alpha value is -1.28. The first-order valence-electron chi connectivity index (χ1n) is 6.76. The van der Waals surface area contributed by atoms with Gasteiger partial charge in [0.2, 0.25) is 0 Å². The lowest BCUT2D eigenvalue weighted by Crippen LogP contribution is -2.28. The van der Waals surface area contributed by atoms with Crippen LogP contribution in [0.2, 0.25) is 0 Å². The molecule has 3 N–H and O–H groups in total. The Morgan fingerprint density at radius 1 is 1.45 bits per heavy atom. The first kappa shape index (κ1) is 18.8. The van der Waals surface area contributed by atoms with Crippen molar-refractivity contribution in [3.8, 4) is 0 Å². The van der Waals surface area contributed by atoms with E-state index in [1.54, 1.807) is 26.0 Å². The molecule has 1 aromatic rings. The van der Waals surface area contributed by atoms with Crippen molar-refractivity contribution in [2.45, 2.75) is 31.1 Å². The Morgan fingerprint density at radius 2 is 2.09 bits per heavy atom. The van der Waals surface area contributed by atoms with Gasteiger partial charge in [-0.1, -0.05) is 31.5 Å². The van der Waals surface area contributed by atoms with Gasteiger partial charge in [0.1, 0.15) is 0 Å². The van der Waals surface area contributed by atoms with E-state index in [9.17, 15) is 17.4 Å². The molecule has 0 bridgehead atoms. The lowest BCUT2D eigenvalue weighted by atomic mass is 9.84. The van der Waals surface area contributed by atoms with E-state index in [0.29, 0.717) is 17.5 Å². The zero-order valence-electron chi connectivity index (χ0n) is 13.0. The Labute approximate surface area is 130 Å². The summed E-state index contributed by atoms with van der Waals surface area (Å²) in [5.74, 6) is 0. The van der Waals surface area contributed by atoms with Crippen molar-refractivity contribution in [1.29, 1.82) is 0 Å². The van der Waals surface area contributed by atoms with Crippen LogP contribution < -0.4 is 5.73 Å². The zero-order valence-corrected chi connectivity index (χ0v) is 13.8. The summed E-state index contributed by atoms with van der Waals surface area (Å²) in [5.41, 5.74) is 6.29. The lowest BCUT2D eigenvalue weighted by Gasteiger charge is -2.27. The predicted octanol–water partition coefficient (Wildman–Crippen LogP) is 2.35. The minimum Gasteiger partial charge on any atom is -0.376 e. The van der Waals surface area contributed by atoms with Crippen molar-refractivity contribution in [3.05, 3.63) is 41.2 Å². The maximum Gasteiger partial charge on any atom is 0.294 e. The summed E-state index contributed by atoms with van der Waals surface area (Å²) < 4.78 is 50.3. The molecule has 0 aliphatic rings. The second-order valence-electron chi connectivity index (χ2n) is 5.82. The third kappa shape index (κ3) is 4.88. The van der Waals surface area contributed by atoms with Crippen LogP contribution in [-0.2, 0) is 20.3 Å². The Kier molecular flexibility index (Phi) is 6.25. The molecular formula is C15H22FNO4S. The summed E-state index contributed by atoms with van der Waals surface area (Å²) in [6.45, 7) is 5.64. The Balaban J connectivity index is 3.04. The number of rotatable bonds is 7. The van der Waals surface area contributed by atoms with Gasteiger partial charge in [0.05, 0.1) is 24.4 Å². The number of halogens is 1. The number of ether oxygens (including phenoxy) is 1. The molecule has 22 heavy (non-hydrogen) atoms. The van der Waals surface area contributed by atoms with Crippen molar-refractivity contribution < 1.29 is 22.1 Å². The van der Waals surface area contributed by atoms with Gasteiger partial charge in [0.15, 0.2) is 0 Å². The molecule has 1 rings (SSSR count). The quantitative estimate of drug-likeness (QED) is 0.749. The molecular weight excluding hydrogens is 309 g/mol. The fourth-order valence-corrected chi connectivity index (χ4v) is 2.90. The molecule has 0 atom stereocenters. The van der Waals surface area contributed by atoms with Crippen LogP contribution in [0.15, 0.2) is 35.0 Å². The van der Waals surface area contributed by atoms with Crippen LogP contribution in [0, 0.1) is 6.92 Å². The van der Waals surface area contributed by atoms with Gasteiger partial charge in [-0.15, -0.1) is 0 Å². The van der Waals surface area contributed by atoms with Crippen LogP contribution in [0.3, 0.4) is 0 Å². The van der Waals surface area contributed by atoms with E-state index >= 15 is 0 Å². The van der Waals surface area contributed by atoms with Crippen molar-refractivity contribution in [2.24, 2.45) is 5.73 Å². The van der Waals surface area contributed by atoms with Gasteiger partial charge in [-0.3, -0.25) is 4.55 Å². The molecule has 0 aliphatic heterocycles. The smallest absolute Gasteiger partial charge is 0.294 e. The normalized spacial score (nSPS) is 13.5. The molecule has 0 spiro atoms. The first-order chi connectivity index (χ1) is 10.1.